The highest BCUT2D eigenvalue weighted by Gasteiger charge is 2.17. The molecule has 3 rings (SSSR count). The monoisotopic (exact) mass is 334 g/mol. The molecule has 0 aliphatic heterocycles. The molecule has 0 aliphatic carbocycles. The Labute approximate surface area is 135 Å². The van der Waals surface area contributed by atoms with Crippen LogP contribution in [0.5, 0.6) is 0 Å². The second-order valence-electron chi connectivity index (χ2n) is 5.11. The lowest BCUT2D eigenvalue weighted by Crippen LogP contribution is -2.12. The first-order valence-electron chi connectivity index (χ1n) is 6.88. The molecular weight excluding hydrogens is 319 g/mol. The van der Waals surface area contributed by atoms with Crippen LogP contribution in [0.1, 0.15) is 28.4 Å². The fraction of sp³-hybridized carbons (Fsp3) is 0.250. The Bertz CT molecular complexity index is 901. The largest absolute Gasteiger partial charge is 0.309 e. The number of thioether (sulfide) groups is 1. The zero-order chi connectivity index (χ0) is 15.9. The molecule has 3 aromatic rings. The van der Waals surface area contributed by atoms with Crippen LogP contribution in [-0.2, 0) is 0 Å². The molecule has 22 heavy (non-hydrogen) atoms. The number of nitrogens with zero attached hydrogens (tertiary/aromatic N) is 1. The highest BCUT2D eigenvalue weighted by Crippen LogP contribution is 2.35. The van der Waals surface area contributed by atoms with Crippen LogP contribution in [-0.4, -0.2) is 9.97 Å². The van der Waals surface area contributed by atoms with Gasteiger partial charge in [0.2, 0.25) is 0 Å². The number of aryl methyl sites for hydroxylation is 2. The molecule has 1 atom stereocenters. The Hall–Kier alpha value is -1.66. The Morgan fingerprint density at radius 2 is 2.05 bits per heavy atom. The van der Waals surface area contributed by atoms with Crippen molar-refractivity contribution in [1.29, 1.82) is 0 Å². The molecule has 0 saturated carbocycles. The number of rotatable bonds is 3. The lowest BCUT2D eigenvalue weighted by atomic mass is 10.2. The summed E-state index contributed by atoms with van der Waals surface area (Å²) in [5, 5.41) is 0.519. The van der Waals surface area contributed by atoms with Crippen molar-refractivity contribution in [3.8, 4) is 0 Å². The highest BCUT2D eigenvalue weighted by atomic mass is 32.2. The summed E-state index contributed by atoms with van der Waals surface area (Å²) in [6.45, 7) is 5.83. The zero-order valence-electron chi connectivity index (χ0n) is 12.4. The average molecular weight is 334 g/mol. The zero-order valence-corrected chi connectivity index (χ0v) is 14.1. The van der Waals surface area contributed by atoms with Gasteiger partial charge in [0.15, 0.2) is 0 Å². The van der Waals surface area contributed by atoms with Crippen LogP contribution in [0.25, 0.3) is 10.2 Å². The smallest absolute Gasteiger partial charge is 0.259 e. The number of thiophene rings is 1. The number of halogens is 1. The average Bonchev–Trinajstić information content (AvgIpc) is 2.76. The van der Waals surface area contributed by atoms with E-state index in [0.717, 1.165) is 15.3 Å². The van der Waals surface area contributed by atoms with Gasteiger partial charge >= 0.3 is 0 Å². The van der Waals surface area contributed by atoms with Gasteiger partial charge in [-0.15, -0.1) is 23.1 Å². The first kappa shape index (κ1) is 15.2. The third kappa shape index (κ3) is 2.68. The fourth-order valence-electron chi connectivity index (χ4n) is 2.25. The predicted octanol–water partition coefficient (Wildman–Crippen LogP) is 4.59. The maximum absolute atomic E-state index is 13.7. The molecule has 1 aromatic carbocycles. The second-order valence-corrected chi connectivity index (χ2v) is 7.69. The first-order chi connectivity index (χ1) is 10.5. The van der Waals surface area contributed by atoms with Gasteiger partial charge in [0, 0.05) is 9.77 Å². The quantitative estimate of drug-likeness (QED) is 0.712. The lowest BCUT2D eigenvalue weighted by Gasteiger charge is -2.11. The molecule has 6 heteroatoms. The van der Waals surface area contributed by atoms with Crippen molar-refractivity contribution in [3.05, 3.63) is 56.7 Å². The van der Waals surface area contributed by atoms with Crippen molar-refractivity contribution in [2.75, 3.05) is 0 Å². The maximum Gasteiger partial charge on any atom is 0.259 e. The van der Waals surface area contributed by atoms with E-state index in [1.165, 1.54) is 29.2 Å². The number of hydrogen-bond donors (Lipinski definition) is 1. The van der Waals surface area contributed by atoms with Gasteiger partial charge in [-0.1, -0.05) is 12.1 Å². The van der Waals surface area contributed by atoms with Gasteiger partial charge in [0.25, 0.3) is 5.56 Å². The Kier molecular flexibility index (Phi) is 4.06. The number of H-pyrrole nitrogens is 1. The summed E-state index contributed by atoms with van der Waals surface area (Å²) < 4.78 is 13.7. The van der Waals surface area contributed by atoms with E-state index in [1.54, 1.807) is 18.2 Å². The van der Waals surface area contributed by atoms with E-state index < -0.39 is 0 Å². The van der Waals surface area contributed by atoms with E-state index >= 15 is 0 Å². The fourth-order valence-corrected chi connectivity index (χ4v) is 4.23. The van der Waals surface area contributed by atoms with Gasteiger partial charge in [-0.2, -0.15) is 0 Å². The third-order valence-corrected chi connectivity index (χ3v) is 5.85. The minimum Gasteiger partial charge on any atom is -0.309 e. The van der Waals surface area contributed by atoms with Crippen molar-refractivity contribution in [2.45, 2.75) is 30.9 Å². The molecule has 0 spiro atoms. The van der Waals surface area contributed by atoms with Crippen LogP contribution in [0, 0.1) is 19.7 Å². The van der Waals surface area contributed by atoms with Crippen molar-refractivity contribution in [1.82, 2.24) is 9.97 Å². The van der Waals surface area contributed by atoms with Gasteiger partial charge in [-0.25, -0.2) is 9.37 Å². The number of nitrogens with one attached hydrogen (secondary N) is 1. The van der Waals surface area contributed by atoms with Gasteiger partial charge in [-0.05, 0) is 38.5 Å². The van der Waals surface area contributed by atoms with E-state index in [4.69, 9.17) is 0 Å². The standard InChI is InChI=1S/C16H15FN2OS2/c1-8-9(2)22-16-13(8)15(20)18-14(19-16)10(3)21-12-7-5-4-6-11(12)17/h4-7,10H,1-3H3,(H,18,19,20). The van der Waals surface area contributed by atoms with E-state index in [1.807, 2.05) is 20.8 Å². The second kappa shape index (κ2) is 5.85. The van der Waals surface area contributed by atoms with Crippen LogP contribution in [0.2, 0.25) is 0 Å². The summed E-state index contributed by atoms with van der Waals surface area (Å²) in [5.41, 5.74) is 0.859. The minimum atomic E-state index is -0.259. The van der Waals surface area contributed by atoms with Crippen molar-refractivity contribution < 1.29 is 4.39 Å². The summed E-state index contributed by atoms with van der Waals surface area (Å²) in [6.07, 6.45) is 0. The van der Waals surface area contributed by atoms with Gasteiger partial charge < -0.3 is 4.98 Å². The molecule has 3 nitrogen and oxygen atoms in total. The lowest BCUT2D eigenvalue weighted by molar-refractivity contribution is 0.601. The van der Waals surface area contributed by atoms with Gasteiger partial charge in [0.1, 0.15) is 16.5 Å². The summed E-state index contributed by atoms with van der Waals surface area (Å²) in [4.78, 5) is 22.1. The van der Waals surface area contributed by atoms with Crippen molar-refractivity contribution >= 4 is 33.3 Å². The summed E-state index contributed by atoms with van der Waals surface area (Å²) >= 11 is 2.87. The number of aromatic amines is 1. The number of aromatic nitrogens is 2. The van der Waals surface area contributed by atoms with Crippen LogP contribution >= 0.6 is 23.1 Å². The van der Waals surface area contributed by atoms with Crippen LogP contribution in [0.3, 0.4) is 0 Å². The molecule has 0 aliphatic rings. The molecule has 1 unspecified atom stereocenters. The van der Waals surface area contributed by atoms with E-state index in [2.05, 4.69) is 9.97 Å². The molecule has 0 bridgehead atoms. The van der Waals surface area contributed by atoms with Crippen LogP contribution in [0.15, 0.2) is 34.0 Å². The van der Waals surface area contributed by atoms with Crippen LogP contribution < -0.4 is 5.56 Å². The minimum absolute atomic E-state index is 0.122. The third-order valence-electron chi connectivity index (χ3n) is 3.58. The number of hydrogen-bond acceptors (Lipinski definition) is 4. The molecule has 2 heterocycles. The Balaban J connectivity index is 2.00. The molecule has 0 amide bonds. The molecule has 0 saturated heterocycles. The van der Waals surface area contributed by atoms with E-state index in [-0.39, 0.29) is 16.6 Å². The van der Waals surface area contributed by atoms with Crippen molar-refractivity contribution in [3.63, 3.8) is 0 Å². The normalized spacial score (nSPS) is 12.7. The molecule has 114 valence electrons. The van der Waals surface area contributed by atoms with E-state index in [9.17, 15) is 9.18 Å². The number of benzene rings is 1. The molecule has 2 aromatic heterocycles. The van der Waals surface area contributed by atoms with E-state index in [0.29, 0.717) is 16.1 Å². The summed E-state index contributed by atoms with van der Waals surface area (Å²) in [5.74, 6) is 0.317. The summed E-state index contributed by atoms with van der Waals surface area (Å²) in [6, 6.07) is 6.61. The Morgan fingerprint density at radius 1 is 1.32 bits per heavy atom. The highest BCUT2D eigenvalue weighted by molar-refractivity contribution is 7.99. The predicted molar refractivity (Wildman–Crippen MR) is 90.4 cm³/mol. The van der Waals surface area contributed by atoms with Gasteiger partial charge in [-0.3, -0.25) is 4.79 Å². The van der Waals surface area contributed by atoms with Crippen LogP contribution in [0.4, 0.5) is 4.39 Å². The maximum atomic E-state index is 13.7. The molecule has 0 radical (unpaired) electrons. The first-order valence-corrected chi connectivity index (χ1v) is 8.58. The van der Waals surface area contributed by atoms with Crippen molar-refractivity contribution in [2.24, 2.45) is 0 Å². The topological polar surface area (TPSA) is 45.8 Å². The molecule has 1 N–H and O–H groups in total. The SMILES string of the molecule is Cc1sc2nc(C(C)Sc3ccccc3F)[nH]c(=O)c2c1C. The number of fused-ring (bicyclic) bond motifs is 1. The van der Waals surface area contributed by atoms with Gasteiger partial charge in [0.05, 0.1) is 10.6 Å². The Morgan fingerprint density at radius 3 is 2.77 bits per heavy atom. The molecule has 0 fully saturated rings. The summed E-state index contributed by atoms with van der Waals surface area (Å²) in [7, 11) is 0. The molecular formula is C16H15FN2OS2.